The molecular weight excluding hydrogens is 204 g/mol. The van der Waals surface area contributed by atoms with Gasteiger partial charge in [-0.25, -0.2) is 0 Å². The number of ether oxygens (including phenoxy) is 1. The molecule has 0 atom stereocenters. The molecule has 1 aliphatic heterocycles. The molecule has 0 radical (unpaired) electrons. The second-order valence-corrected chi connectivity index (χ2v) is 4.51. The van der Waals surface area contributed by atoms with Gasteiger partial charge in [-0.05, 0) is 31.0 Å². The summed E-state index contributed by atoms with van der Waals surface area (Å²) in [6.45, 7) is 0. The molecule has 3 rings (SSSR count). The Kier molecular flexibility index (Phi) is 1.87. The van der Waals surface area contributed by atoms with Crippen LogP contribution in [0.25, 0.3) is 0 Å². The van der Waals surface area contributed by atoms with Crippen LogP contribution in [0, 0.1) is 0 Å². The highest BCUT2D eigenvalue weighted by Crippen LogP contribution is 2.37. The fourth-order valence-electron chi connectivity index (χ4n) is 2.50. The topological polar surface area (TPSA) is 64.4 Å². The van der Waals surface area contributed by atoms with Gasteiger partial charge in [0.25, 0.3) is 5.91 Å². The molecule has 1 spiro atoms. The fraction of sp³-hybridized carbons (Fsp3) is 0.417. The second-order valence-electron chi connectivity index (χ2n) is 4.51. The lowest BCUT2D eigenvalue weighted by molar-refractivity contribution is 0.0235. The molecule has 16 heavy (non-hydrogen) atoms. The van der Waals surface area contributed by atoms with Gasteiger partial charge >= 0.3 is 0 Å². The van der Waals surface area contributed by atoms with Crippen LogP contribution in [0.5, 0.6) is 5.75 Å². The Balaban J connectivity index is 2.02. The van der Waals surface area contributed by atoms with E-state index in [1.54, 1.807) is 18.2 Å². The van der Waals surface area contributed by atoms with Gasteiger partial charge in [-0.3, -0.25) is 4.79 Å². The van der Waals surface area contributed by atoms with Gasteiger partial charge in [0.1, 0.15) is 5.75 Å². The zero-order chi connectivity index (χ0) is 11.2. The molecule has 1 aromatic rings. The molecular formula is C12H14N2O2. The molecule has 1 aliphatic carbocycles. The number of fused-ring (bicyclic) bond motifs is 1. The summed E-state index contributed by atoms with van der Waals surface area (Å²) in [5.41, 5.74) is 6.32. The van der Waals surface area contributed by atoms with Crippen LogP contribution in [0.1, 0.15) is 36.0 Å². The summed E-state index contributed by atoms with van der Waals surface area (Å²) in [7, 11) is 0. The molecule has 0 aromatic heterocycles. The average molecular weight is 218 g/mol. The molecule has 1 fully saturated rings. The number of amides is 1. The van der Waals surface area contributed by atoms with Crippen LogP contribution in [0.2, 0.25) is 0 Å². The van der Waals surface area contributed by atoms with E-state index in [9.17, 15) is 4.79 Å². The number of nitrogens with two attached hydrogens (primary N) is 1. The van der Waals surface area contributed by atoms with E-state index < -0.39 is 5.72 Å². The van der Waals surface area contributed by atoms with Gasteiger partial charge in [0.15, 0.2) is 5.72 Å². The van der Waals surface area contributed by atoms with Gasteiger partial charge in [0.2, 0.25) is 0 Å². The van der Waals surface area contributed by atoms with E-state index in [-0.39, 0.29) is 5.91 Å². The zero-order valence-electron chi connectivity index (χ0n) is 8.95. The average Bonchev–Trinajstić information content (AvgIpc) is 2.68. The largest absolute Gasteiger partial charge is 0.467 e. The Morgan fingerprint density at radius 3 is 2.81 bits per heavy atom. The summed E-state index contributed by atoms with van der Waals surface area (Å²) in [5, 5.41) is 2.96. The lowest BCUT2D eigenvalue weighted by atomic mass is 10.1. The van der Waals surface area contributed by atoms with E-state index in [1.807, 2.05) is 0 Å². The standard InChI is InChI=1S/C12H14N2O2/c13-8-3-4-10-9(7-8)11(15)14-12(16-10)5-1-2-6-12/h3-4,7H,1-2,5-6,13H2,(H,14,15). The van der Waals surface area contributed by atoms with Crippen molar-refractivity contribution in [2.45, 2.75) is 31.4 Å². The maximum absolute atomic E-state index is 12.0. The fourth-order valence-corrected chi connectivity index (χ4v) is 2.50. The predicted octanol–water partition coefficient (Wildman–Crippen LogP) is 1.66. The number of rotatable bonds is 0. The van der Waals surface area contributed by atoms with Crippen LogP contribution in [-0.4, -0.2) is 11.6 Å². The summed E-state index contributed by atoms with van der Waals surface area (Å²) < 4.78 is 5.92. The molecule has 3 N–H and O–H groups in total. The first-order chi connectivity index (χ1) is 7.69. The van der Waals surface area contributed by atoms with Crippen LogP contribution in [0.3, 0.4) is 0 Å². The predicted molar refractivity (Wildman–Crippen MR) is 60.1 cm³/mol. The zero-order valence-corrected chi connectivity index (χ0v) is 8.95. The third kappa shape index (κ3) is 1.33. The minimum absolute atomic E-state index is 0.0737. The third-order valence-corrected chi connectivity index (χ3v) is 3.31. The van der Waals surface area contributed by atoms with Gasteiger partial charge in [-0.1, -0.05) is 0 Å². The Morgan fingerprint density at radius 1 is 1.31 bits per heavy atom. The van der Waals surface area contributed by atoms with Crippen molar-refractivity contribution in [3.8, 4) is 5.75 Å². The van der Waals surface area contributed by atoms with Crippen LogP contribution in [-0.2, 0) is 0 Å². The number of benzene rings is 1. The summed E-state index contributed by atoms with van der Waals surface area (Å²) in [6.07, 6.45) is 3.99. The normalized spacial score (nSPS) is 21.4. The lowest BCUT2D eigenvalue weighted by Gasteiger charge is -2.36. The van der Waals surface area contributed by atoms with E-state index in [0.717, 1.165) is 25.7 Å². The molecule has 84 valence electrons. The minimum atomic E-state index is -0.458. The van der Waals surface area contributed by atoms with E-state index in [0.29, 0.717) is 17.0 Å². The molecule has 2 aliphatic rings. The first kappa shape index (κ1) is 9.51. The minimum Gasteiger partial charge on any atom is -0.467 e. The van der Waals surface area contributed by atoms with Gasteiger partial charge < -0.3 is 15.8 Å². The molecule has 4 nitrogen and oxygen atoms in total. The summed E-state index contributed by atoms with van der Waals surface area (Å²) in [6, 6.07) is 5.20. The Labute approximate surface area is 93.8 Å². The van der Waals surface area contributed by atoms with Gasteiger partial charge in [-0.2, -0.15) is 0 Å². The van der Waals surface area contributed by atoms with Crippen LogP contribution >= 0.6 is 0 Å². The van der Waals surface area contributed by atoms with Gasteiger partial charge in [-0.15, -0.1) is 0 Å². The Hall–Kier alpha value is -1.71. The molecule has 1 heterocycles. The number of anilines is 1. The highest BCUT2D eigenvalue weighted by atomic mass is 16.5. The molecule has 0 bridgehead atoms. The maximum Gasteiger partial charge on any atom is 0.258 e. The van der Waals surface area contributed by atoms with Crippen molar-refractivity contribution in [1.82, 2.24) is 5.32 Å². The Bertz CT molecular complexity index is 450. The van der Waals surface area contributed by atoms with Crippen LogP contribution in [0.15, 0.2) is 18.2 Å². The molecule has 1 aromatic carbocycles. The van der Waals surface area contributed by atoms with E-state index in [4.69, 9.17) is 10.5 Å². The van der Waals surface area contributed by atoms with Crippen molar-refractivity contribution in [2.75, 3.05) is 5.73 Å². The maximum atomic E-state index is 12.0. The SMILES string of the molecule is Nc1ccc2c(c1)C(=O)NC1(CCCC1)O2. The van der Waals surface area contributed by atoms with E-state index in [1.165, 1.54) is 0 Å². The molecule has 0 unspecified atom stereocenters. The first-order valence-corrected chi connectivity index (χ1v) is 5.60. The van der Waals surface area contributed by atoms with Crippen molar-refractivity contribution < 1.29 is 9.53 Å². The summed E-state index contributed by atoms with van der Waals surface area (Å²) in [5.74, 6) is 0.579. The Morgan fingerprint density at radius 2 is 2.06 bits per heavy atom. The van der Waals surface area contributed by atoms with Crippen molar-refractivity contribution in [3.05, 3.63) is 23.8 Å². The second kappa shape index (κ2) is 3.14. The quantitative estimate of drug-likeness (QED) is 0.651. The molecule has 4 heteroatoms. The van der Waals surface area contributed by atoms with Gasteiger partial charge in [0.05, 0.1) is 5.56 Å². The highest BCUT2D eigenvalue weighted by Gasteiger charge is 2.42. The van der Waals surface area contributed by atoms with Crippen LogP contribution < -0.4 is 15.8 Å². The highest BCUT2D eigenvalue weighted by molar-refractivity contribution is 5.99. The van der Waals surface area contributed by atoms with Crippen LogP contribution in [0.4, 0.5) is 5.69 Å². The smallest absolute Gasteiger partial charge is 0.258 e. The van der Waals surface area contributed by atoms with Crippen molar-refractivity contribution in [2.24, 2.45) is 0 Å². The monoisotopic (exact) mass is 218 g/mol. The number of carbonyl (C=O) groups excluding carboxylic acids is 1. The van der Waals surface area contributed by atoms with Crippen molar-refractivity contribution >= 4 is 11.6 Å². The van der Waals surface area contributed by atoms with E-state index in [2.05, 4.69) is 5.32 Å². The van der Waals surface area contributed by atoms with E-state index >= 15 is 0 Å². The number of carbonyl (C=O) groups is 1. The number of hydrogen-bond acceptors (Lipinski definition) is 3. The lowest BCUT2D eigenvalue weighted by Crippen LogP contribution is -2.54. The first-order valence-electron chi connectivity index (χ1n) is 5.60. The number of hydrogen-bond donors (Lipinski definition) is 2. The number of nitrogens with one attached hydrogen (secondary N) is 1. The molecule has 1 amide bonds. The summed E-state index contributed by atoms with van der Waals surface area (Å²) in [4.78, 5) is 12.0. The molecule has 0 saturated heterocycles. The summed E-state index contributed by atoms with van der Waals surface area (Å²) >= 11 is 0. The molecule has 1 saturated carbocycles. The third-order valence-electron chi connectivity index (χ3n) is 3.31. The van der Waals surface area contributed by atoms with Crippen molar-refractivity contribution in [1.29, 1.82) is 0 Å². The van der Waals surface area contributed by atoms with Gasteiger partial charge in [0, 0.05) is 18.5 Å². The van der Waals surface area contributed by atoms with Crippen molar-refractivity contribution in [3.63, 3.8) is 0 Å². The number of nitrogen functional groups attached to an aromatic ring is 1.